The Morgan fingerprint density at radius 3 is 2.16 bits per heavy atom. The van der Waals surface area contributed by atoms with Gasteiger partial charge in [-0.2, -0.15) is 0 Å². The van der Waals surface area contributed by atoms with E-state index in [-0.39, 0.29) is 43.7 Å². The fourth-order valence-electron chi connectivity index (χ4n) is 14.9. The fraction of sp³-hybridized carbons (Fsp3) is 0.773. The SMILES string of the molecule is CC[C@H]1OC(=O)C(C)(C)[C@@H](O[C@H]2C[C@@](C)(OC)[C@@H](O)[C@H](C)O2)[C@H](C)[C@@H](O[C@@H]2O[C@H](C)C[C@H](N(C)C(=O)N3CCOCC3)[C@H]2O)[C@](C)(OC)C[C@@H](C)C(=O)[C@H](C)[C@H]2N(CCCCN(Cc3c(Cl)cncc3Cl)c3ccc(OC)c(OC4CCCC4)c3)C(=O)O[C@]12C. The number of nitrogens with zero attached hydrogens (tertiary/aromatic N) is 5. The van der Waals surface area contributed by atoms with Crippen LogP contribution < -0.4 is 14.4 Å². The number of rotatable bonds is 19. The van der Waals surface area contributed by atoms with Crippen molar-refractivity contribution in [2.45, 2.75) is 237 Å². The second-order valence-corrected chi connectivity index (χ2v) is 27.9. The average Bonchev–Trinajstić information content (AvgIpc) is 1.49. The van der Waals surface area contributed by atoms with Crippen LogP contribution in [-0.4, -0.2) is 212 Å². The zero-order valence-electron chi connectivity index (χ0n) is 55.6. The highest BCUT2D eigenvalue weighted by atomic mass is 35.5. The van der Waals surface area contributed by atoms with Crippen LogP contribution in [0.1, 0.15) is 146 Å². The van der Waals surface area contributed by atoms with E-state index >= 15 is 9.59 Å². The van der Waals surface area contributed by atoms with Gasteiger partial charge in [-0.1, -0.05) is 50.9 Å². The van der Waals surface area contributed by atoms with Crippen LogP contribution in [0.2, 0.25) is 10.0 Å². The molecule has 2 aromatic rings. The highest BCUT2D eigenvalue weighted by Crippen LogP contribution is 2.48. The van der Waals surface area contributed by atoms with E-state index in [1.807, 2.05) is 52.8 Å². The van der Waals surface area contributed by atoms with Crippen molar-refractivity contribution in [2.24, 2.45) is 23.2 Å². The Balaban J connectivity index is 1.14. The second kappa shape index (κ2) is 30.0. The molecule has 6 heterocycles. The van der Waals surface area contributed by atoms with E-state index in [0.717, 1.165) is 31.4 Å². The van der Waals surface area contributed by atoms with Gasteiger partial charge in [0.15, 0.2) is 29.7 Å². The lowest BCUT2D eigenvalue weighted by Gasteiger charge is -2.51. The first-order valence-corrected chi connectivity index (χ1v) is 33.1. The Kier molecular flexibility index (Phi) is 23.8. The number of halogens is 2. The molecule has 0 bridgehead atoms. The number of aromatic nitrogens is 1. The van der Waals surface area contributed by atoms with Gasteiger partial charge in [0.2, 0.25) is 0 Å². The quantitative estimate of drug-likeness (QED) is 0.0983. The van der Waals surface area contributed by atoms with E-state index in [4.69, 9.17) is 75.3 Å². The van der Waals surface area contributed by atoms with Crippen LogP contribution in [0.4, 0.5) is 15.3 Å². The number of Topliss-reactive ketones (excluding diaryl/α,β-unsaturated/α-hetero) is 1. The lowest BCUT2D eigenvalue weighted by atomic mass is 9.70. The number of anilines is 1. The topological polar surface area (TPSA) is 236 Å². The Morgan fingerprint density at radius 2 is 1.52 bits per heavy atom. The molecule has 5 aliphatic heterocycles. The number of benzene rings is 1. The molecular formula is C66H101Cl2N5O17. The molecule has 22 nitrogen and oxygen atoms in total. The summed E-state index contributed by atoms with van der Waals surface area (Å²) < 4.78 is 70.8. The predicted octanol–water partition coefficient (Wildman–Crippen LogP) is 9.64. The molecule has 17 atom stereocenters. The average molecular weight is 1310 g/mol. The smallest absolute Gasteiger partial charge is 0.410 e. The summed E-state index contributed by atoms with van der Waals surface area (Å²) in [4.78, 5) is 71.2. The van der Waals surface area contributed by atoms with E-state index in [1.165, 1.54) is 19.1 Å². The number of unbranched alkanes of at least 4 members (excludes halogenated alkanes) is 1. The number of morpholine rings is 1. The van der Waals surface area contributed by atoms with Gasteiger partial charge in [-0.25, -0.2) is 9.59 Å². The van der Waals surface area contributed by atoms with Gasteiger partial charge < -0.3 is 81.9 Å². The summed E-state index contributed by atoms with van der Waals surface area (Å²) in [5.74, 6) is -2.22. The Hall–Kier alpha value is -4.33. The van der Waals surface area contributed by atoms with Crippen LogP contribution in [0.5, 0.6) is 11.5 Å². The van der Waals surface area contributed by atoms with Crippen LogP contribution in [-0.2, 0) is 58.8 Å². The van der Waals surface area contributed by atoms with Gasteiger partial charge in [-0.15, -0.1) is 0 Å². The molecule has 1 aromatic heterocycles. The lowest BCUT2D eigenvalue weighted by molar-refractivity contribution is -0.323. The summed E-state index contributed by atoms with van der Waals surface area (Å²) >= 11 is 13.5. The molecule has 0 spiro atoms. The number of fused-ring (bicyclic) bond motifs is 1. The summed E-state index contributed by atoms with van der Waals surface area (Å²) in [5.41, 5.74) is -4.16. The van der Waals surface area contributed by atoms with Crippen molar-refractivity contribution >= 4 is 52.8 Å². The Labute approximate surface area is 542 Å². The number of aliphatic hydroxyl groups excluding tert-OH is 2. The summed E-state index contributed by atoms with van der Waals surface area (Å²) in [6.45, 7) is 22.2. The molecule has 2 N–H and O–H groups in total. The molecule has 24 heteroatoms. The largest absolute Gasteiger partial charge is 0.493 e. The van der Waals surface area contributed by atoms with Gasteiger partial charge in [0.1, 0.15) is 24.1 Å². The maximum absolute atomic E-state index is 15.7. The third-order valence-electron chi connectivity index (χ3n) is 20.3. The van der Waals surface area contributed by atoms with Crippen LogP contribution in [0.25, 0.3) is 0 Å². The summed E-state index contributed by atoms with van der Waals surface area (Å²) in [5, 5.41) is 24.6. The van der Waals surface area contributed by atoms with E-state index in [1.54, 1.807) is 77.9 Å². The van der Waals surface area contributed by atoms with Crippen LogP contribution in [0, 0.1) is 23.2 Å². The zero-order chi connectivity index (χ0) is 65.8. The molecule has 0 radical (unpaired) electrons. The maximum atomic E-state index is 15.7. The first-order valence-electron chi connectivity index (χ1n) is 32.4. The second-order valence-electron chi connectivity index (χ2n) is 27.1. The minimum Gasteiger partial charge on any atom is -0.493 e. The first-order chi connectivity index (χ1) is 42.6. The van der Waals surface area contributed by atoms with Gasteiger partial charge in [-0.3, -0.25) is 14.6 Å². The Morgan fingerprint density at radius 1 is 0.856 bits per heavy atom. The molecule has 1 saturated carbocycles. The molecule has 5 saturated heterocycles. The van der Waals surface area contributed by atoms with Crippen molar-refractivity contribution in [3.63, 3.8) is 0 Å². The van der Waals surface area contributed by atoms with Gasteiger partial charge in [0.25, 0.3) is 0 Å². The number of amides is 3. The highest BCUT2D eigenvalue weighted by Gasteiger charge is 2.62. The number of ketones is 1. The molecule has 0 unspecified atom stereocenters. The minimum absolute atomic E-state index is 0.0386. The zero-order valence-corrected chi connectivity index (χ0v) is 57.1. The van der Waals surface area contributed by atoms with Gasteiger partial charge >= 0.3 is 18.1 Å². The maximum Gasteiger partial charge on any atom is 0.410 e. The van der Waals surface area contributed by atoms with Crippen molar-refractivity contribution in [1.29, 1.82) is 0 Å². The van der Waals surface area contributed by atoms with Crippen molar-refractivity contribution in [2.75, 3.05) is 72.7 Å². The molecule has 3 amide bonds. The van der Waals surface area contributed by atoms with Crippen LogP contribution in [0.15, 0.2) is 30.6 Å². The molecule has 8 rings (SSSR count). The summed E-state index contributed by atoms with van der Waals surface area (Å²) in [7, 11) is 6.30. The number of aliphatic hydroxyl groups is 2. The molecule has 1 aliphatic carbocycles. The van der Waals surface area contributed by atoms with E-state index < -0.39 is 119 Å². The summed E-state index contributed by atoms with van der Waals surface area (Å²) in [6, 6.07) is 3.87. The number of pyridine rings is 1. The number of carbonyl (C=O) groups is 4. The third-order valence-corrected chi connectivity index (χ3v) is 21.0. The van der Waals surface area contributed by atoms with E-state index in [9.17, 15) is 19.8 Å². The first kappa shape index (κ1) is 71.5. The summed E-state index contributed by atoms with van der Waals surface area (Å²) in [6.07, 6.45) is -1.26. The molecular weight excluding hydrogens is 1210 g/mol. The normalized spacial score (nSPS) is 35.5. The van der Waals surface area contributed by atoms with Crippen molar-refractivity contribution in [1.82, 2.24) is 19.7 Å². The number of ether oxygens (including phenoxy) is 11. The number of cyclic esters (lactones) is 1. The fourth-order valence-corrected chi connectivity index (χ4v) is 15.4. The van der Waals surface area contributed by atoms with Crippen LogP contribution in [0.3, 0.4) is 0 Å². The van der Waals surface area contributed by atoms with Crippen molar-refractivity contribution < 1.29 is 81.5 Å². The predicted molar refractivity (Wildman–Crippen MR) is 337 cm³/mol. The molecule has 506 valence electrons. The molecule has 90 heavy (non-hydrogen) atoms. The van der Waals surface area contributed by atoms with E-state index in [2.05, 4.69) is 9.88 Å². The number of hydrogen-bond donors (Lipinski definition) is 2. The number of hydrogen-bond acceptors (Lipinski definition) is 19. The van der Waals surface area contributed by atoms with E-state index in [0.29, 0.717) is 85.8 Å². The van der Waals surface area contributed by atoms with Gasteiger partial charge in [-0.05, 0) is 118 Å². The number of carbonyl (C=O) groups excluding carboxylic acids is 4. The number of likely N-dealkylation sites (N-methyl/N-ethyl adjacent to an activating group) is 1. The lowest BCUT2D eigenvalue weighted by Crippen LogP contribution is -2.63. The number of esters is 1. The third kappa shape index (κ3) is 15.2. The van der Waals surface area contributed by atoms with Crippen molar-refractivity contribution in [3.8, 4) is 11.5 Å². The van der Waals surface area contributed by atoms with Gasteiger partial charge in [0, 0.05) is 108 Å². The van der Waals surface area contributed by atoms with Crippen molar-refractivity contribution in [3.05, 3.63) is 46.2 Å². The Bertz CT molecular complexity index is 2760. The molecule has 1 aromatic carbocycles. The number of urea groups is 1. The molecule has 6 aliphatic rings. The minimum atomic E-state index is -1.59. The number of methoxy groups -OCH3 is 3. The monoisotopic (exact) mass is 1310 g/mol. The van der Waals surface area contributed by atoms with Crippen LogP contribution >= 0.6 is 23.2 Å². The standard InChI is InChI=1S/C66H101Cl2N5O17/c1-16-51-66(11)55(73(62(79)90-66)26-20-19-25-72(37-45-46(67)35-69-36-47(45)68)43-23-24-49(80-13)50(32-43)86-44-21-17-18-22-44)40(4)53(74)38(2)33-65(10,82-15)58(89-59-54(75)48(31-39(3)84-59)70(12)61(78)71-27-29-83-30-28-71)41(5)57(63(7,8)60(77)87-51)88-52-34-64(9,81-14)56(76)42(6)85-52/h23-24,32,35-36,38-42,44,48,51-52,54-59,75-76H,16-22,25-31,33-34,37H2,1-15H3/t38-,39-,40+,41+,42+,48+,51-,52+,54-,55-,56+,57+,58-,59+,64-,65-,66-/m1/s1. The molecule has 6 fully saturated rings. The highest BCUT2D eigenvalue weighted by molar-refractivity contribution is 6.35. The van der Waals surface area contributed by atoms with Gasteiger partial charge in [0.05, 0.1) is 89.6 Å².